The lowest BCUT2D eigenvalue weighted by Crippen LogP contribution is -2.20. The quantitative estimate of drug-likeness (QED) is 0.718. The third-order valence-corrected chi connectivity index (χ3v) is 3.63. The van der Waals surface area contributed by atoms with Gasteiger partial charge < -0.3 is 15.8 Å². The van der Waals surface area contributed by atoms with E-state index in [2.05, 4.69) is 25.5 Å². The zero-order chi connectivity index (χ0) is 13.8. The van der Waals surface area contributed by atoms with Crippen molar-refractivity contribution in [3.63, 3.8) is 0 Å². The van der Waals surface area contributed by atoms with Crippen LogP contribution in [-0.4, -0.2) is 39.4 Å². The van der Waals surface area contributed by atoms with Crippen LogP contribution < -0.4 is 11.1 Å². The fourth-order valence-electron chi connectivity index (χ4n) is 2.61. The molecule has 2 aromatic rings. The van der Waals surface area contributed by atoms with E-state index in [0.717, 1.165) is 5.39 Å². The first-order valence-electron chi connectivity index (χ1n) is 7.15. The number of nitrogens with zero attached hydrogens (tertiary/aromatic N) is 3. The fourth-order valence-corrected chi connectivity index (χ4v) is 2.61. The van der Waals surface area contributed by atoms with Gasteiger partial charge in [0.15, 0.2) is 5.65 Å². The average molecular weight is 276 g/mol. The fraction of sp³-hybridized carbons (Fsp3) is 0.615. The summed E-state index contributed by atoms with van der Waals surface area (Å²) in [5, 5.41) is 10.8. The number of rotatable bonds is 5. The van der Waals surface area contributed by atoms with Gasteiger partial charge in [0.05, 0.1) is 24.3 Å². The maximum Gasteiger partial charge on any atom is 0.224 e. The molecule has 4 N–H and O–H groups in total. The lowest BCUT2D eigenvalue weighted by Gasteiger charge is -2.22. The molecule has 0 aromatic carbocycles. The van der Waals surface area contributed by atoms with Gasteiger partial charge in [-0.15, -0.1) is 0 Å². The summed E-state index contributed by atoms with van der Waals surface area (Å²) in [6.07, 6.45) is 8.41. The van der Waals surface area contributed by atoms with Crippen LogP contribution in [0, 0.1) is 0 Å². The topological polar surface area (TPSA) is 102 Å². The molecule has 20 heavy (non-hydrogen) atoms. The second kappa shape index (κ2) is 6.04. The van der Waals surface area contributed by atoms with Crippen LogP contribution >= 0.6 is 0 Å². The monoisotopic (exact) mass is 276 g/mol. The van der Waals surface area contributed by atoms with Crippen molar-refractivity contribution in [3.05, 3.63) is 6.20 Å². The highest BCUT2D eigenvalue weighted by Gasteiger charge is 2.13. The second-order valence-corrected chi connectivity index (χ2v) is 5.12. The van der Waals surface area contributed by atoms with Crippen molar-refractivity contribution in [3.8, 4) is 0 Å². The first-order chi connectivity index (χ1) is 9.83. The highest BCUT2D eigenvalue weighted by atomic mass is 16.5. The molecule has 7 nitrogen and oxygen atoms in total. The number of anilines is 2. The number of hydrogen-bond acceptors (Lipinski definition) is 6. The van der Waals surface area contributed by atoms with E-state index < -0.39 is 0 Å². The summed E-state index contributed by atoms with van der Waals surface area (Å²) in [7, 11) is 0. The Balaban J connectivity index is 1.53. The molecule has 0 aliphatic heterocycles. The third kappa shape index (κ3) is 2.98. The van der Waals surface area contributed by atoms with Gasteiger partial charge in [0.2, 0.25) is 5.95 Å². The van der Waals surface area contributed by atoms with Crippen LogP contribution in [0.2, 0.25) is 0 Å². The van der Waals surface area contributed by atoms with E-state index in [1.807, 2.05) is 0 Å². The predicted octanol–water partition coefficient (Wildman–Crippen LogP) is 1.70. The van der Waals surface area contributed by atoms with Gasteiger partial charge in [0.1, 0.15) is 5.82 Å². The summed E-state index contributed by atoms with van der Waals surface area (Å²) in [5.74, 6) is 0.936. The van der Waals surface area contributed by atoms with Crippen molar-refractivity contribution in [2.24, 2.45) is 0 Å². The highest BCUT2D eigenvalue weighted by Crippen LogP contribution is 2.21. The van der Waals surface area contributed by atoms with Crippen LogP contribution in [0.25, 0.3) is 11.0 Å². The molecule has 1 aliphatic rings. The average Bonchev–Trinajstić information content (AvgIpc) is 2.92. The van der Waals surface area contributed by atoms with Gasteiger partial charge in [0, 0.05) is 6.54 Å². The molecule has 0 saturated heterocycles. The molecule has 0 atom stereocenters. The number of nitrogens with one attached hydrogen (secondary N) is 2. The SMILES string of the molecule is Nc1nc(NCCOC2CCCCC2)c2cn[nH]c2n1. The Morgan fingerprint density at radius 3 is 3.00 bits per heavy atom. The van der Waals surface area contributed by atoms with Crippen LogP contribution in [0.1, 0.15) is 32.1 Å². The first kappa shape index (κ1) is 13.1. The van der Waals surface area contributed by atoms with Gasteiger partial charge in [-0.05, 0) is 12.8 Å². The summed E-state index contributed by atoms with van der Waals surface area (Å²) in [6.45, 7) is 1.38. The van der Waals surface area contributed by atoms with E-state index in [9.17, 15) is 0 Å². The Kier molecular flexibility index (Phi) is 3.96. The van der Waals surface area contributed by atoms with E-state index in [1.54, 1.807) is 6.20 Å². The molecule has 0 amide bonds. The van der Waals surface area contributed by atoms with Gasteiger partial charge in [-0.25, -0.2) is 0 Å². The normalized spacial score (nSPS) is 16.6. The molecule has 1 aliphatic carbocycles. The first-order valence-corrected chi connectivity index (χ1v) is 7.15. The van der Waals surface area contributed by atoms with E-state index in [-0.39, 0.29) is 5.95 Å². The Morgan fingerprint density at radius 2 is 2.15 bits per heavy atom. The zero-order valence-corrected chi connectivity index (χ0v) is 11.4. The maximum absolute atomic E-state index is 5.87. The van der Waals surface area contributed by atoms with Crippen LogP contribution in [0.15, 0.2) is 6.20 Å². The van der Waals surface area contributed by atoms with Crippen molar-refractivity contribution in [1.82, 2.24) is 20.2 Å². The summed E-state index contributed by atoms with van der Waals surface area (Å²) < 4.78 is 5.87. The number of aromatic amines is 1. The summed E-state index contributed by atoms with van der Waals surface area (Å²) >= 11 is 0. The zero-order valence-electron chi connectivity index (χ0n) is 11.4. The van der Waals surface area contributed by atoms with Crippen LogP contribution in [0.4, 0.5) is 11.8 Å². The van der Waals surface area contributed by atoms with E-state index >= 15 is 0 Å². The Labute approximate surface area is 117 Å². The molecule has 3 rings (SSSR count). The smallest absolute Gasteiger partial charge is 0.224 e. The van der Waals surface area contributed by atoms with E-state index in [1.165, 1.54) is 32.1 Å². The standard InChI is InChI=1S/C13H20N6O/c14-13-17-11(10-8-16-19-12(10)18-13)15-6-7-20-9-4-2-1-3-5-9/h8-9H,1-7H2,(H4,14,15,16,17,18,19). The van der Waals surface area contributed by atoms with E-state index in [4.69, 9.17) is 10.5 Å². The lowest BCUT2D eigenvalue weighted by atomic mass is 9.98. The number of ether oxygens (including phenoxy) is 1. The van der Waals surface area contributed by atoms with Gasteiger partial charge in [0.25, 0.3) is 0 Å². The number of fused-ring (bicyclic) bond motifs is 1. The largest absolute Gasteiger partial charge is 0.376 e. The Hall–Kier alpha value is -1.89. The molecule has 2 aromatic heterocycles. The molecule has 7 heteroatoms. The van der Waals surface area contributed by atoms with Crippen LogP contribution in [-0.2, 0) is 4.74 Å². The predicted molar refractivity (Wildman–Crippen MR) is 77.4 cm³/mol. The molecule has 0 bridgehead atoms. The number of nitrogens with two attached hydrogens (primary N) is 1. The molecule has 2 heterocycles. The maximum atomic E-state index is 5.87. The van der Waals surface area contributed by atoms with Crippen molar-refractivity contribution in [2.45, 2.75) is 38.2 Å². The molecular formula is C13H20N6O. The lowest BCUT2D eigenvalue weighted by molar-refractivity contribution is 0.0347. The molecule has 1 fully saturated rings. The van der Waals surface area contributed by atoms with Crippen LogP contribution in [0.5, 0.6) is 0 Å². The summed E-state index contributed by atoms with van der Waals surface area (Å²) in [6, 6.07) is 0. The molecule has 0 unspecified atom stereocenters. The van der Waals surface area contributed by atoms with E-state index in [0.29, 0.717) is 30.7 Å². The number of H-pyrrole nitrogens is 1. The molecule has 0 radical (unpaired) electrons. The summed E-state index contributed by atoms with van der Waals surface area (Å²) in [5.41, 5.74) is 6.31. The molecular weight excluding hydrogens is 256 g/mol. The highest BCUT2D eigenvalue weighted by molar-refractivity contribution is 5.86. The Morgan fingerprint density at radius 1 is 1.30 bits per heavy atom. The minimum atomic E-state index is 0.234. The van der Waals surface area contributed by atoms with Gasteiger partial charge in [-0.2, -0.15) is 15.1 Å². The summed E-state index contributed by atoms with van der Waals surface area (Å²) in [4.78, 5) is 8.27. The minimum absolute atomic E-state index is 0.234. The van der Waals surface area contributed by atoms with Gasteiger partial charge >= 0.3 is 0 Å². The second-order valence-electron chi connectivity index (χ2n) is 5.12. The van der Waals surface area contributed by atoms with Crippen molar-refractivity contribution in [2.75, 3.05) is 24.2 Å². The van der Waals surface area contributed by atoms with Gasteiger partial charge in [-0.3, -0.25) is 5.10 Å². The third-order valence-electron chi connectivity index (χ3n) is 3.63. The van der Waals surface area contributed by atoms with Crippen molar-refractivity contribution in [1.29, 1.82) is 0 Å². The Bertz CT molecular complexity index is 563. The van der Waals surface area contributed by atoms with Crippen molar-refractivity contribution >= 4 is 22.8 Å². The minimum Gasteiger partial charge on any atom is -0.376 e. The number of nitrogen functional groups attached to an aromatic ring is 1. The molecule has 1 saturated carbocycles. The number of aromatic nitrogens is 4. The molecule has 0 spiro atoms. The van der Waals surface area contributed by atoms with Crippen LogP contribution in [0.3, 0.4) is 0 Å². The number of hydrogen-bond donors (Lipinski definition) is 3. The van der Waals surface area contributed by atoms with Gasteiger partial charge in [-0.1, -0.05) is 19.3 Å². The van der Waals surface area contributed by atoms with Crippen molar-refractivity contribution < 1.29 is 4.74 Å². The molecule has 108 valence electrons.